The molecule has 0 spiro atoms. The van der Waals surface area contributed by atoms with Gasteiger partial charge in [-0.25, -0.2) is 0 Å². The highest BCUT2D eigenvalue weighted by Gasteiger charge is 2.20. The van der Waals surface area contributed by atoms with Crippen LogP contribution in [0.1, 0.15) is 18.4 Å². The molecule has 0 aromatic heterocycles. The number of hydrogen-bond acceptors (Lipinski definition) is 4. The summed E-state index contributed by atoms with van der Waals surface area (Å²) < 4.78 is 0. The second-order valence-corrected chi connectivity index (χ2v) is 5.48. The number of benzene rings is 1. The Morgan fingerprint density at radius 2 is 2.12 bits per heavy atom. The number of anilines is 1. The van der Waals surface area contributed by atoms with E-state index in [2.05, 4.69) is 5.32 Å². The number of aryl methyl sites for hydroxylation is 1. The SMILES string of the molecule is Cc1cccc(NC2CCSCC2)c1[N+](=O)[O-]. The fourth-order valence-electron chi connectivity index (χ4n) is 2.08. The maximum Gasteiger partial charge on any atom is 0.295 e. The van der Waals surface area contributed by atoms with Crippen molar-refractivity contribution in [3.05, 3.63) is 33.9 Å². The van der Waals surface area contributed by atoms with Crippen molar-refractivity contribution in [3.63, 3.8) is 0 Å². The van der Waals surface area contributed by atoms with Gasteiger partial charge in [0.2, 0.25) is 0 Å². The van der Waals surface area contributed by atoms with E-state index >= 15 is 0 Å². The molecule has 0 saturated carbocycles. The normalized spacial score (nSPS) is 16.8. The van der Waals surface area contributed by atoms with Gasteiger partial charge in [-0.05, 0) is 37.3 Å². The Hall–Kier alpha value is -1.23. The van der Waals surface area contributed by atoms with Gasteiger partial charge in [0, 0.05) is 11.6 Å². The molecule has 0 aliphatic carbocycles. The first-order valence-electron chi connectivity index (χ1n) is 5.77. The zero-order chi connectivity index (χ0) is 12.3. The Labute approximate surface area is 105 Å². The topological polar surface area (TPSA) is 55.2 Å². The third kappa shape index (κ3) is 2.91. The lowest BCUT2D eigenvalue weighted by Crippen LogP contribution is -2.24. The molecule has 92 valence electrons. The zero-order valence-electron chi connectivity index (χ0n) is 9.81. The number of nitrogens with one attached hydrogen (secondary N) is 1. The van der Waals surface area contributed by atoms with Crippen LogP contribution in [0.2, 0.25) is 0 Å². The summed E-state index contributed by atoms with van der Waals surface area (Å²) in [5.41, 5.74) is 1.59. The molecule has 0 amide bonds. The third-order valence-electron chi connectivity index (χ3n) is 3.00. The van der Waals surface area contributed by atoms with Gasteiger partial charge in [-0.15, -0.1) is 0 Å². The number of para-hydroxylation sites is 1. The van der Waals surface area contributed by atoms with Crippen LogP contribution in [0.3, 0.4) is 0 Å². The summed E-state index contributed by atoms with van der Waals surface area (Å²) in [7, 11) is 0. The average molecular weight is 252 g/mol. The summed E-state index contributed by atoms with van der Waals surface area (Å²) in [5, 5.41) is 14.4. The first-order valence-corrected chi connectivity index (χ1v) is 6.92. The first-order chi connectivity index (χ1) is 8.18. The van der Waals surface area contributed by atoms with Crippen LogP contribution in [0.25, 0.3) is 0 Å². The van der Waals surface area contributed by atoms with E-state index in [0.29, 0.717) is 17.3 Å². The van der Waals surface area contributed by atoms with E-state index in [1.807, 2.05) is 17.8 Å². The largest absolute Gasteiger partial charge is 0.377 e. The summed E-state index contributed by atoms with van der Waals surface area (Å²) in [4.78, 5) is 10.7. The van der Waals surface area contributed by atoms with Gasteiger partial charge < -0.3 is 5.32 Å². The van der Waals surface area contributed by atoms with Gasteiger partial charge in [0.05, 0.1) is 4.92 Å². The van der Waals surface area contributed by atoms with Crippen LogP contribution in [0, 0.1) is 17.0 Å². The molecule has 2 rings (SSSR count). The number of hydrogen-bond donors (Lipinski definition) is 1. The molecule has 1 heterocycles. The molecule has 1 aliphatic heterocycles. The number of nitro benzene ring substituents is 1. The summed E-state index contributed by atoms with van der Waals surface area (Å²) >= 11 is 1.95. The zero-order valence-corrected chi connectivity index (χ0v) is 10.6. The first kappa shape index (κ1) is 12.2. The lowest BCUT2D eigenvalue weighted by Gasteiger charge is -2.23. The molecule has 17 heavy (non-hydrogen) atoms. The summed E-state index contributed by atoms with van der Waals surface area (Å²) in [6, 6.07) is 5.81. The van der Waals surface area contributed by atoms with Crippen molar-refractivity contribution in [2.75, 3.05) is 16.8 Å². The van der Waals surface area contributed by atoms with Crippen LogP contribution in [-0.4, -0.2) is 22.5 Å². The Morgan fingerprint density at radius 3 is 2.76 bits per heavy atom. The van der Waals surface area contributed by atoms with E-state index in [0.717, 1.165) is 24.3 Å². The second kappa shape index (κ2) is 5.40. The minimum atomic E-state index is -0.296. The van der Waals surface area contributed by atoms with Crippen LogP contribution >= 0.6 is 11.8 Å². The number of nitrogens with zero attached hydrogens (tertiary/aromatic N) is 1. The predicted molar refractivity (Wildman–Crippen MR) is 71.8 cm³/mol. The molecule has 1 N–H and O–H groups in total. The lowest BCUT2D eigenvalue weighted by molar-refractivity contribution is -0.384. The molecule has 0 atom stereocenters. The van der Waals surface area contributed by atoms with Gasteiger partial charge in [-0.2, -0.15) is 11.8 Å². The maximum atomic E-state index is 11.0. The Balaban J connectivity index is 2.19. The number of nitro groups is 1. The van der Waals surface area contributed by atoms with Crippen LogP contribution in [0.5, 0.6) is 0 Å². The van der Waals surface area contributed by atoms with Gasteiger partial charge in [-0.3, -0.25) is 10.1 Å². The van der Waals surface area contributed by atoms with Crippen molar-refractivity contribution >= 4 is 23.1 Å². The molecule has 0 unspecified atom stereocenters. The highest BCUT2D eigenvalue weighted by molar-refractivity contribution is 7.99. The van der Waals surface area contributed by atoms with Crippen molar-refractivity contribution in [3.8, 4) is 0 Å². The van der Waals surface area contributed by atoms with E-state index in [1.54, 1.807) is 19.1 Å². The summed E-state index contributed by atoms with van der Waals surface area (Å²) in [6.07, 6.45) is 2.16. The molecule has 1 saturated heterocycles. The van der Waals surface area contributed by atoms with Crippen molar-refractivity contribution in [2.24, 2.45) is 0 Å². The summed E-state index contributed by atoms with van der Waals surface area (Å²) in [5.74, 6) is 2.27. The third-order valence-corrected chi connectivity index (χ3v) is 4.05. The Kier molecular flexibility index (Phi) is 3.89. The monoisotopic (exact) mass is 252 g/mol. The van der Waals surface area contributed by atoms with Crippen molar-refractivity contribution in [2.45, 2.75) is 25.8 Å². The fourth-order valence-corrected chi connectivity index (χ4v) is 3.19. The quantitative estimate of drug-likeness (QED) is 0.663. The van der Waals surface area contributed by atoms with E-state index in [1.165, 1.54) is 0 Å². The average Bonchev–Trinajstić information content (AvgIpc) is 2.30. The van der Waals surface area contributed by atoms with E-state index in [4.69, 9.17) is 0 Å². The molecule has 1 aromatic carbocycles. The van der Waals surface area contributed by atoms with Gasteiger partial charge >= 0.3 is 0 Å². The molecule has 5 heteroatoms. The molecule has 4 nitrogen and oxygen atoms in total. The standard InChI is InChI=1S/C12H16N2O2S/c1-9-3-2-4-11(12(9)14(15)16)13-10-5-7-17-8-6-10/h2-4,10,13H,5-8H2,1H3. The van der Waals surface area contributed by atoms with E-state index in [9.17, 15) is 10.1 Å². The van der Waals surface area contributed by atoms with Crippen LogP contribution < -0.4 is 5.32 Å². The fraction of sp³-hybridized carbons (Fsp3) is 0.500. The van der Waals surface area contributed by atoms with E-state index in [-0.39, 0.29) is 10.6 Å². The molecule has 1 fully saturated rings. The van der Waals surface area contributed by atoms with E-state index < -0.39 is 0 Å². The second-order valence-electron chi connectivity index (χ2n) is 4.26. The van der Waals surface area contributed by atoms with Crippen molar-refractivity contribution in [1.82, 2.24) is 0 Å². The predicted octanol–water partition coefficient (Wildman–Crippen LogP) is 3.21. The lowest BCUT2D eigenvalue weighted by atomic mass is 10.1. The minimum absolute atomic E-state index is 0.214. The smallest absolute Gasteiger partial charge is 0.295 e. The van der Waals surface area contributed by atoms with Gasteiger partial charge in [-0.1, -0.05) is 12.1 Å². The Morgan fingerprint density at radius 1 is 1.41 bits per heavy atom. The molecular weight excluding hydrogens is 236 g/mol. The molecule has 1 aromatic rings. The van der Waals surface area contributed by atoms with Crippen LogP contribution in [0.15, 0.2) is 18.2 Å². The minimum Gasteiger partial charge on any atom is -0.377 e. The van der Waals surface area contributed by atoms with Crippen molar-refractivity contribution in [1.29, 1.82) is 0 Å². The summed E-state index contributed by atoms with van der Waals surface area (Å²) in [6.45, 7) is 1.78. The highest BCUT2D eigenvalue weighted by Crippen LogP contribution is 2.30. The molecule has 1 aliphatic rings. The number of thioether (sulfide) groups is 1. The molecule has 0 radical (unpaired) electrons. The molecule has 0 bridgehead atoms. The van der Waals surface area contributed by atoms with Crippen LogP contribution in [0.4, 0.5) is 11.4 Å². The molecular formula is C12H16N2O2S. The van der Waals surface area contributed by atoms with Crippen LogP contribution in [-0.2, 0) is 0 Å². The maximum absolute atomic E-state index is 11.0. The Bertz CT molecular complexity index is 417. The van der Waals surface area contributed by atoms with Gasteiger partial charge in [0.25, 0.3) is 5.69 Å². The highest BCUT2D eigenvalue weighted by atomic mass is 32.2. The van der Waals surface area contributed by atoms with Gasteiger partial charge in [0.1, 0.15) is 5.69 Å². The van der Waals surface area contributed by atoms with Gasteiger partial charge in [0.15, 0.2) is 0 Å². The number of rotatable bonds is 3. The van der Waals surface area contributed by atoms with Crippen molar-refractivity contribution < 1.29 is 4.92 Å².